The molecule has 0 atom stereocenters. The maximum absolute atomic E-state index is 9.30. The Morgan fingerprint density at radius 3 is 2.29 bits per heavy atom. The van der Waals surface area contributed by atoms with Crippen LogP contribution in [0.2, 0.25) is 0 Å². The number of phenolic OH excluding ortho intramolecular Hbond substituents is 1. The van der Waals surface area contributed by atoms with E-state index in [1.807, 2.05) is 32.3 Å². The van der Waals surface area contributed by atoms with Crippen LogP contribution in [0.4, 0.5) is 5.69 Å². The highest BCUT2D eigenvalue weighted by Crippen LogP contribution is 2.23. The van der Waals surface area contributed by atoms with E-state index in [0.717, 1.165) is 10.8 Å². The average Bonchev–Trinajstić information content (AvgIpc) is 2.16. The van der Waals surface area contributed by atoms with E-state index in [9.17, 15) is 5.11 Å². The second-order valence-electron chi connectivity index (χ2n) is 3.61. The van der Waals surface area contributed by atoms with E-state index >= 15 is 0 Å². The summed E-state index contributed by atoms with van der Waals surface area (Å²) in [5, 5.41) is 11.5. The fraction of sp³-hybridized carbons (Fsp3) is 0.167. The maximum Gasteiger partial charge on any atom is 0.116 e. The molecule has 0 unspecified atom stereocenters. The van der Waals surface area contributed by atoms with Crippen molar-refractivity contribution in [2.24, 2.45) is 0 Å². The predicted molar refractivity (Wildman–Crippen MR) is 59.9 cm³/mol. The Bertz CT molecular complexity index is 463. The highest BCUT2D eigenvalue weighted by Gasteiger charge is 1.98. The molecule has 0 fully saturated rings. The first-order valence-electron chi connectivity index (χ1n) is 4.57. The fourth-order valence-corrected chi connectivity index (χ4v) is 1.50. The van der Waals surface area contributed by atoms with Crippen molar-refractivity contribution in [1.82, 2.24) is 0 Å². The third-order valence-electron chi connectivity index (χ3n) is 2.32. The predicted octanol–water partition coefficient (Wildman–Crippen LogP) is 2.61. The molecular formula is C12H13NO. The summed E-state index contributed by atoms with van der Waals surface area (Å²) in [6, 6.07) is 11.6. The van der Waals surface area contributed by atoms with Crippen LogP contribution in [-0.4, -0.2) is 19.2 Å². The van der Waals surface area contributed by atoms with Crippen LogP contribution in [0.25, 0.3) is 10.8 Å². The van der Waals surface area contributed by atoms with Crippen LogP contribution in [-0.2, 0) is 0 Å². The molecule has 72 valence electrons. The summed E-state index contributed by atoms with van der Waals surface area (Å²) >= 11 is 0. The molecule has 0 heterocycles. The number of fused-ring (bicyclic) bond motifs is 1. The van der Waals surface area contributed by atoms with Gasteiger partial charge in [0.25, 0.3) is 0 Å². The van der Waals surface area contributed by atoms with Gasteiger partial charge >= 0.3 is 0 Å². The molecule has 0 amide bonds. The molecule has 1 N–H and O–H groups in total. The maximum atomic E-state index is 9.30. The molecule has 0 aliphatic rings. The Morgan fingerprint density at radius 1 is 0.929 bits per heavy atom. The van der Waals surface area contributed by atoms with Gasteiger partial charge in [0.05, 0.1) is 0 Å². The van der Waals surface area contributed by atoms with Gasteiger partial charge in [-0.1, -0.05) is 12.1 Å². The molecule has 2 heteroatoms. The smallest absolute Gasteiger partial charge is 0.116 e. The number of rotatable bonds is 1. The van der Waals surface area contributed by atoms with Gasteiger partial charge in [0.15, 0.2) is 0 Å². The Kier molecular flexibility index (Phi) is 2.04. The Morgan fingerprint density at radius 2 is 1.57 bits per heavy atom. The Hall–Kier alpha value is -1.70. The monoisotopic (exact) mass is 187 g/mol. The number of hydrogen-bond acceptors (Lipinski definition) is 2. The van der Waals surface area contributed by atoms with E-state index < -0.39 is 0 Å². The topological polar surface area (TPSA) is 23.5 Å². The molecule has 0 radical (unpaired) electrons. The lowest BCUT2D eigenvalue weighted by Crippen LogP contribution is -2.07. The molecule has 0 spiro atoms. The molecule has 0 saturated carbocycles. The van der Waals surface area contributed by atoms with Crippen molar-refractivity contribution in [3.63, 3.8) is 0 Å². The minimum atomic E-state index is 0.315. The molecule has 14 heavy (non-hydrogen) atoms. The summed E-state index contributed by atoms with van der Waals surface area (Å²) in [6.07, 6.45) is 0. The summed E-state index contributed by atoms with van der Waals surface area (Å²) < 4.78 is 0. The normalized spacial score (nSPS) is 10.4. The van der Waals surface area contributed by atoms with Crippen LogP contribution in [0.1, 0.15) is 0 Å². The molecule has 2 rings (SSSR count). The molecule has 2 nitrogen and oxygen atoms in total. The van der Waals surface area contributed by atoms with Crippen LogP contribution in [0.15, 0.2) is 36.4 Å². The van der Waals surface area contributed by atoms with Crippen molar-refractivity contribution in [2.75, 3.05) is 19.0 Å². The molecule has 2 aromatic rings. The standard InChI is InChI=1S/C12H13NO/c1-13(2)11-5-3-10-8-12(14)6-4-9(10)7-11/h3-8,14H,1-2H3. The van der Waals surface area contributed by atoms with Crippen molar-refractivity contribution >= 4 is 16.5 Å². The largest absolute Gasteiger partial charge is 0.508 e. The van der Waals surface area contributed by atoms with E-state index in [1.165, 1.54) is 5.69 Å². The van der Waals surface area contributed by atoms with E-state index in [1.54, 1.807) is 12.1 Å². The van der Waals surface area contributed by atoms with E-state index in [2.05, 4.69) is 11.0 Å². The lowest BCUT2D eigenvalue weighted by molar-refractivity contribution is 0.476. The first kappa shape index (κ1) is 8.88. The van der Waals surface area contributed by atoms with Crippen LogP contribution in [0.3, 0.4) is 0 Å². The molecule has 0 bridgehead atoms. The van der Waals surface area contributed by atoms with Gasteiger partial charge in [-0.2, -0.15) is 0 Å². The average molecular weight is 187 g/mol. The molecule has 0 saturated heterocycles. The van der Waals surface area contributed by atoms with Crippen molar-refractivity contribution in [1.29, 1.82) is 0 Å². The van der Waals surface area contributed by atoms with Gasteiger partial charge in [-0.05, 0) is 35.0 Å². The lowest BCUT2D eigenvalue weighted by atomic mass is 10.1. The summed E-state index contributed by atoms with van der Waals surface area (Å²) in [4.78, 5) is 2.06. The van der Waals surface area contributed by atoms with Crippen LogP contribution in [0, 0.1) is 0 Å². The third-order valence-corrected chi connectivity index (χ3v) is 2.32. The van der Waals surface area contributed by atoms with Gasteiger partial charge in [-0.25, -0.2) is 0 Å². The summed E-state index contributed by atoms with van der Waals surface area (Å²) in [5.41, 5.74) is 1.17. The number of phenols is 1. The van der Waals surface area contributed by atoms with Crippen molar-refractivity contribution in [3.8, 4) is 5.75 Å². The van der Waals surface area contributed by atoms with Crippen LogP contribution in [0.5, 0.6) is 5.75 Å². The Balaban J connectivity index is 2.62. The van der Waals surface area contributed by atoms with Gasteiger partial charge < -0.3 is 10.0 Å². The van der Waals surface area contributed by atoms with Gasteiger partial charge in [0, 0.05) is 19.8 Å². The van der Waals surface area contributed by atoms with Crippen molar-refractivity contribution in [3.05, 3.63) is 36.4 Å². The number of anilines is 1. The highest BCUT2D eigenvalue weighted by molar-refractivity contribution is 5.86. The zero-order chi connectivity index (χ0) is 10.1. The summed E-state index contributed by atoms with van der Waals surface area (Å²) in [5.74, 6) is 0.315. The fourth-order valence-electron chi connectivity index (χ4n) is 1.50. The van der Waals surface area contributed by atoms with Crippen LogP contribution >= 0.6 is 0 Å². The SMILES string of the molecule is CN(C)c1ccc2cc(O)ccc2c1. The van der Waals surface area contributed by atoms with Crippen molar-refractivity contribution in [2.45, 2.75) is 0 Å². The summed E-state index contributed by atoms with van der Waals surface area (Å²) in [6.45, 7) is 0. The number of aromatic hydroxyl groups is 1. The number of benzene rings is 2. The zero-order valence-corrected chi connectivity index (χ0v) is 8.36. The van der Waals surface area contributed by atoms with Crippen molar-refractivity contribution < 1.29 is 5.11 Å². The van der Waals surface area contributed by atoms with Gasteiger partial charge in [-0.15, -0.1) is 0 Å². The molecule has 0 aromatic heterocycles. The molecule has 2 aromatic carbocycles. The minimum Gasteiger partial charge on any atom is -0.508 e. The van der Waals surface area contributed by atoms with E-state index in [4.69, 9.17) is 0 Å². The first-order chi connectivity index (χ1) is 6.66. The molecule has 0 aliphatic carbocycles. The highest BCUT2D eigenvalue weighted by atomic mass is 16.3. The van der Waals surface area contributed by atoms with Crippen LogP contribution < -0.4 is 4.90 Å². The van der Waals surface area contributed by atoms with Gasteiger partial charge in [-0.3, -0.25) is 0 Å². The first-order valence-corrected chi connectivity index (χ1v) is 4.57. The lowest BCUT2D eigenvalue weighted by Gasteiger charge is -2.12. The van der Waals surface area contributed by atoms with E-state index in [0.29, 0.717) is 5.75 Å². The number of nitrogens with zero attached hydrogens (tertiary/aromatic N) is 1. The minimum absolute atomic E-state index is 0.315. The van der Waals surface area contributed by atoms with Gasteiger partial charge in [0.2, 0.25) is 0 Å². The Labute approximate surface area is 83.4 Å². The number of hydrogen-bond donors (Lipinski definition) is 1. The van der Waals surface area contributed by atoms with Gasteiger partial charge in [0.1, 0.15) is 5.75 Å². The quantitative estimate of drug-likeness (QED) is 0.741. The summed E-state index contributed by atoms with van der Waals surface area (Å²) in [7, 11) is 4.03. The van der Waals surface area contributed by atoms with E-state index in [-0.39, 0.29) is 0 Å². The molecule has 0 aliphatic heterocycles. The zero-order valence-electron chi connectivity index (χ0n) is 8.36. The second kappa shape index (κ2) is 3.22. The third kappa shape index (κ3) is 1.51. The second-order valence-corrected chi connectivity index (χ2v) is 3.61. The molecular weight excluding hydrogens is 174 g/mol.